The van der Waals surface area contributed by atoms with Crippen molar-refractivity contribution in [2.75, 3.05) is 13.7 Å². The fourth-order valence-electron chi connectivity index (χ4n) is 3.20. The van der Waals surface area contributed by atoms with Crippen molar-refractivity contribution >= 4 is 46.6 Å². The first-order valence-corrected chi connectivity index (χ1v) is 9.81. The van der Waals surface area contributed by atoms with E-state index < -0.39 is 15.6 Å². The van der Waals surface area contributed by atoms with Crippen molar-refractivity contribution in [3.63, 3.8) is 0 Å². The highest BCUT2D eigenvalue weighted by molar-refractivity contribution is 6.76. The maximum absolute atomic E-state index is 12.7. The smallest absolute Gasteiger partial charge is 0.275 e. The van der Waals surface area contributed by atoms with E-state index in [4.69, 9.17) is 50.0 Å². The first-order valence-electron chi connectivity index (χ1n) is 8.68. The van der Waals surface area contributed by atoms with Gasteiger partial charge in [-0.3, -0.25) is 9.59 Å². The number of ether oxygens (including phenoxy) is 2. The molecule has 1 aromatic carbocycles. The van der Waals surface area contributed by atoms with Gasteiger partial charge in [0.05, 0.1) is 7.11 Å². The lowest BCUT2D eigenvalue weighted by molar-refractivity contribution is -0.134. The summed E-state index contributed by atoms with van der Waals surface area (Å²) in [6, 6.07) is 5.20. The largest absolute Gasteiger partial charge is 0.493 e. The summed E-state index contributed by atoms with van der Waals surface area (Å²) in [5, 5.41) is 0. The number of benzene rings is 1. The zero-order chi connectivity index (χ0) is 20.0. The number of halogens is 3. The lowest BCUT2D eigenvalue weighted by atomic mass is 9.93. The van der Waals surface area contributed by atoms with E-state index >= 15 is 0 Å². The Morgan fingerprint density at radius 1 is 1.19 bits per heavy atom. The summed E-state index contributed by atoms with van der Waals surface area (Å²) in [5.74, 6) is -0.305. The van der Waals surface area contributed by atoms with E-state index in [1.54, 1.807) is 23.1 Å². The molecule has 1 aliphatic carbocycles. The molecule has 1 saturated carbocycles. The fourth-order valence-corrected chi connectivity index (χ4v) is 3.52. The molecular weight excluding hydrogens is 415 g/mol. The van der Waals surface area contributed by atoms with E-state index in [0.29, 0.717) is 11.5 Å². The standard InChI is InChI=1S/C18H23Cl3N2O4/c1-26-15-9-12(7-8-14(15)27-11-16(22)24)10-23(17(25)18(19,20)21)13-5-3-2-4-6-13/h7-9,13H,2-6,10-11H2,1H3,(H2,22,24). The highest BCUT2D eigenvalue weighted by Gasteiger charge is 2.38. The molecule has 0 atom stereocenters. The summed E-state index contributed by atoms with van der Waals surface area (Å²) in [5.41, 5.74) is 5.90. The second-order valence-electron chi connectivity index (χ2n) is 6.46. The first-order chi connectivity index (χ1) is 12.7. The molecule has 1 aromatic rings. The summed E-state index contributed by atoms with van der Waals surface area (Å²) in [7, 11) is 1.49. The van der Waals surface area contributed by atoms with Crippen molar-refractivity contribution in [3.8, 4) is 11.5 Å². The molecule has 2 N–H and O–H groups in total. The van der Waals surface area contributed by atoms with Crippen molar-refractivity contribution in [1.29, 1.82) is 0 Å². The summed E-state index contributed by atoms with van der Waals surface area (Å²) in [6.07, 6.45) is 4.98. The van der Waals surface area contributed by atoms with Gasteiger partial charge in [-0.2, -0.15) is 0 Å². The van der Waals surface area contributed by atoms with Gasteiger partial charge in [0.25, 0.3) is 15.6 Å². The normalized spacial score (nSPS) is 15.3. The summed E-state index contributed by atoms with van der Waals surface area (Å²) in [6.45, 7) is 0.0273. The van der Waals surface area contributed by atoms with Crippen LogP contribution in [-0.4, -0.2) is 40.3 Å². The highest BCUT2D eigenvalue weighted by Crippen LogP contribution is 2.34. The number of carbonyl (C=O) groups excluding carboxylic acids is 2. The molecule has 150 valence electrons. The van der Waals surface area contributed by atoms with Gasteiger partial charge in [-0.05, 0) is 30.5 Å². The minimum atomic E-state index is -2.01. The number of amides is 2. The molecule has 9 heteroatoms. The molecule has 1 aliphatic rings. The number of alkyl halides is 3. The van der Waals surface area contributed by atoms with Gasteiger partial charge in [-0.1, -0.05) is 60.1 Å². The Kier molecular flexibility index (Phi) is 7.89. The lowest BCUT2D eigenvalue weighted by Gasteiger charge is -2.36. The number of methoxy groups -OCH3 is 1. The third-order valence-corrected chi connectivity index (χ3v) is 4.95. The molecular formula is C18H23Cl3N2O4. The minimum absolute atomic E-state index is 0.0265. The van der Waals surface area contributed by atoms with Crippen molar-refractivity contribution in [2.24, 2.45) is 5.73 Å². The van der Waals surface area contributed by atoms with Gasteiger partial charge in [-0.15, -0.1) is 0 Å². The predicted molar refractivity (Wildman–Crippen MR) is 105 cm³/mol. The van der Waals surface area contributed by atoms with Crippen LogP contribution in [0.3, 0.4) is 0 Å². The zero-order valence-electron chi connectivity index (χ0n) is 15.1. The first kappa shape index (κ1) is 21.9. The molecule has 6 nitrogen and oxygen atoms in total. The number of hydrogen-bond acceptors (Lipinski definition) is 4. The molecule has 0 heterocycles. The average Bonchev–Trinajstić information content (AvgIpc) is 2.64. The SMILES string of the molecule is COc1cc(CN(C(=O)C(Cl)(Cl)Cl)C2CCCCC2)ccc1OCC(N)=O. The van der Waals surface area contributed by atoms with Crippen molar-refractivity contribution in [1.82, 2.24) is 4.90 Å². The zero-order valence-corrected chi connectivity index (χ0v) is 17.3. The lowest BCUT2D eigenvalue weighted by Crippen LogP contribution is -2.46. The average molecular weight is 438 g/mol. The van der Waals surface area contributed by atoms with Gasteiger partial charge in [-0.25, -0.2) is 0 Å². The molecule has 0 spiro atoms. The van der Waals surface area contributed by atoms with Gasteiger partial charge < -0.3 is 20.1 Å². The van der Waals surface area contributed by atoms with Crippen LogP contribution in [0.15, 0.2) is 18.2 Å². The maximum atomic E-state index is 12.7. The number of nitrogens with zero attached hydrogens (tertiary/aromatic N) is 1. The van der Waals surface area contributed by atoms with Crippen LogP contribution in [0.2, 0.25) is 0 Å². The molecule has 0 aromatic heterocycles. The van der Waals surface area contributed by atoms with Crippen LogP contribution in [-0.2, 0) is 16.1 Å². The van der Waals surface area contributed by atoms with Gasteiger partial charge in [0, 0.05) is 12.6 Å². The third-order valence-electron chi connectivity index (χ3n) is 4.47. The highest BCUT2D eigenvalue weighted by atomic mass is 35.6. The van der Waals surface area contributed by atoms with Crippen molar-refractivity contribution in [2.45, 2.75) is 48.5 Å². The molecule has 2 amide bonds. The van der Waals surface area contributed by atoms with Gasteiger partial charge in [0.2, 0.25) is 0 Å². The summed E-state index contributed by atoms with van der Waals surface area (Å²) in [4.78, 5) is 25.2. The maximum Gasteiger partial charge on any atom is 0.275 e. The Hall–Kier alpha value is -1.37. The Morgan fingerprint density at radius 3 is 2.41 bits per heavy atom. The van der Waals surface area contributed by atoms with Gasteiger partial charge in [0.15, 0.2) is 18.1 Å². The van der Waals surface area contributed by atoms with Crippen LogP contribution in [0.4, 0.5) is 0 Å². The topological polar surface area (TPSA) is 81.9 Å². The van der Waals surface area contributed by atoms with E-state index in [-0.39, 0.29) is 19.2 Å². The van der Waals surface area contributed by atoms with E-state index in [9.17, 15) is 9.59 Å². The van der Waals surface area contributed by atoms with Crippen LogP contribution < -0.4 is 15.2 Å². The minimum Gasteiger partial charge on any atom is -0.493 e. The Balaban J connectivity index is 2.22. The quantitative estimate of drug-likeness (QED) is 0.661. The second kappa shape index (κ2) is 9.71. The van der Waals surface area contributed by atoms with Crippen molar-refractivity contribution in [3.05, 3.63) is 23.8 Å². The molecule has 0 aliphatic heterocycles. The molecule has 0 bridgehead atoms. The van der Waals surface area contributed by atoms with Crippen LogP contribution in [0.1, 0.15) is 37.7 Å². The fraction of sp³-hybridized carbons (Fsp3) is 0.556. The van der Waals surface area contributed by atoms with E-state index in [0.717, 1.165) is 37.7 Å². The van der Waals surface area contributed by atoms with Crippen LogP contribution >= 0.6 is 34.8 Å². The molecule has 0 saturated heterocycles. The van der Waals surface area contributed by atoms with Crippen LogP contribution in [0.5, 0.6) is 11.5 Å². The predicted octanol–water partition coefficient (Wildman–Crippen LogP) is 3.59. The van der Waals surface area contributed by atoms with Crippen molar-refractivity contribution < 1.29 is 19.1 Å². The Labute approximate surface area is 173 Å². The molecule has 1 fully saturated rings. The van der Waals surface area contributed by atoms with Gasteiger partial charge >= 0.3 is 0 Å². The number of hydrogen-bond donors (Lipinski definition) is 1. The van der Waals surface area contributed by atoms with Crippen LogP contribution in [0.25, 0.3) is 0 Å². The molecule has 2 rings (SSSR count). The van der Waals surface area contributed by atoms with Gasteiger partial charge in [0.1, 0.15) is 0 Å². The summed E-state index contributed by atoms with van der Waals surface area (Å²) < 4.78 is 8.63. The van der Waals surface area contributed by atoms with E-state index in [2.05, 4.69) is 0 Å². The number of nitrogens with two attached hydrogens (primary N) is 1. The third kappa shape index (κ3) is 6.33. The molecule has 27 heavy (non-hydrogen) atoms. The molecule has 0 unspecified atom stereocenters. The number of primary amides is 1. The number of carbonyl (C=O) groups is 2. The summed E-state index contributed by atoms with van der Waals surface area (Å²) >= 11 is 17.6. The van der Waals surface area contributed by atoms with E-state index in [1.807, 2.05) is 0 Å². The number of rotatable bonds is 7. The monoisotopic (exact) mass is 436 g/mol. The Morgan fingerprint density at radius 2 is 1.85 bits per heavy atom. The van der Waals surface area contributed by atoms with E-state index in [1.165, 1.54) is 7.11 Å². The molecule has 0 radical (unpaired) electrons. The Bertz CT molecular complexity index is 673. The van der Waals surface area contributed by atoms with Crippen LogP contribution in [0, 0.1) is 0 Å². The second-order valence-corrected chi connectivity index (χ2v) is 8.74.